The number of aliphatic hydroxyl groups is 1. The second-order valence-corrected chi connectivity index (χ2v) is 4.45. The van der Waals surface area contributed by atoms with E-state index in [1.807, 2.05) is 11.4 Å². The van der Waals surface area contributed by atoms with E-state index < -0.39 is 11.9 Å². The minimum Gasteiger partial charge on any atom is -0.383 e. The Kier molecular flexibility index (Phi) is 3.05. The molecule has 1 aromatic heterocycles. The summed E-state index contributed by atoms with van der Waals surface area (Å²) in [4.78, 5) is 0.705. The molecule has 1 nitrogen and oxygen atoms in total. The molecule has 1 aromatic carbocycles. The molecule has 1 N–H and O–H groups in total. The van der Waals surface area contributed by atoms with Crippen LogP contribution in [-0.4, -0.2) is 5.11 Å². The molecule has 0 saturated heterocycles. The van der Waals surface area contributed by atoms with Gasteiger partial charge in [-0.1, -0.05) is 29.8 Å². The molecule has 15 heavy (non-hydrogen) atoms. The van der Waals surface area contributed by atoms with Gasteiger partial charge in [-0.05, 0) is 17.5 Å². The van der Waals surface area contributed by atoms with E-state index in [1.54, 1.807) is 12.1 Å². The lowest BCUT2D eigenvalue weighted by Gasteiger charge is -2.10. The largest absolute Gasteiger partial charge is 0.383 e. The van der Waals surface area contributed by atoms with Gasteiger partial charge in [0.05, 0.1) is 5.02 Å². The first-order chi connectivity index (χ1) is 7.20. The van der Waals surface area contributed by atoms with Gasteiger partial charge in [0.15, 0.2) is 0 Å². The van der Waals surface area contributed by atoms with Gasteiger partial charge < -0.3 is 5.11 Å². The van der Waals surface area contributed by atoms with E-state index in [-0.39, 0.29) is 10.6 Å². The first-order valence-electron chi connectivity index (χ1n) is 4.35. The highest BCUT2D eigenvalue weighted by molar-refractivity contribution is 7.10. The fourth-order valence-corrected chi connectivity index (χ4v) is 2.24. The van der Waals surface area contributed by atoms with Gasteiger partial charge in [0.25, 0.3) is 0 Å². The van der Waals surface area contributed by atoms with E-state index in [0.717, 1.165) is 0 Å². The van der Waals surface area contributed by atoms with Crippen molar-refractivity contribution in [1.82, 2.24) is 0 Å². The van der Waals surface area contributed by atoms with Gasteiger partial charge in [-0.15, -0.1) is 11.3 Å². The molecule has 0 fully saturated rings. The summed E-state index contributed by atoms with van der Waals surface area (Å²) in [5.74, 6) is -0.555. The summed E-state index contributed by atoms with van der Waals surface area (Å²) >= 11 is 7.02. The van der Waals surface area contributed by atoms with Gasteiger partial charge in [0.2, 0.25) is 0 Å². The normalized spacial score (nSPS) is 12.7. The van der Waals surface area contributed by atoms with E-state index >= 15 is 0 Å². The number of benzene rings is 1. The molecule has 0 saturated carbocycles. The van der Waals surface area contributed by atoms with E-state index in [1.165, 1.54) is 23.5 Å². The quantitative estimate of drug-likeness (QED) is 0.853. The Morgan fingerprint density at radius 2 is 2.07 bits per heavy atom. The second kappa shape index (κ2) is 4.31. The molecule has 0 aliphatic heterocycles. The van der Waals surface area contributed by atoms with Crippen molar-refractivity contribution in [3.8, 4) is 0 Å². The van der Waals surface area contributed by atoms with Crippen molar-refractivity contribution in [1.29, 1.82) is 0 Å². The van der Waals surface area contributed by atoms with Crippen LogP contribution in [0.3, 0.4) is 0 Å². The lowest BCUT2D eigenvalue weighted by atomic mass is 10.1. The first-order valence-corrected chi connectivity index (χ1v) is 5.61. The van der Waals surface area contributed by atoms with E-state index in [4.69, 9.17) is 11.6 Å². The van der Waals surface area contributed by atoms with Gasteiger partial charge in [-0.3, -0.25) is 0 Å². The summed E-state index contributed by atoms with van der Waals surface area (Å²) in [5, 5.41) is 11.8. The zero-order chi connectivity index (χ0) is 10.8. The maximum absolute atomic E-state index is 13.6. The number of aliphatic hydroxyl groups excluding tert-OH is 1. The van der Waals surface area contributed by atoms with Crippen LogP contribution in [0.15, 0.2) is 35.7 Å². The van der Waals surface area contributed by atoms with Crippen molar-refractivity contribution in [2.75, 3.05) is 0 Å². The maximum atomic E-state index is 13.6. The molecule has 2 aromatic rings. The average Bonchev–Trinajstić information content (AvgIpc) is 2.74. The van der Waals surface area contributed by atoms with Crippen molar-refractivity contribution in [2.45, 2.75) is 6.10 Å². The smallest absolute Gasteiger partial charge is 0.147 e. The molecule has 4 heteroatoms. The summed E-state index contributed by atoms with van der Waals surface area (Å²) in [6, 6.07) is 8.19. The Bertz CT molecular complexity index is 456. The molecule has 1 atom stereocenters. The van der Waals surface area contributed by atoms with Gasteiger partial charge in [-0.2, -0.15) is 0 Å². The number of hydrogen-bond donors (Lipinski definition) is 1. The monoisotopic (exact) mass is 242 g/mol. The first kappa shape index (κ1) is 10.6. The summed E-state index contributed by atoms with van der Waals surface area (Å²) in [6.45, 7) is 0. The average molecular weight is 243 g/mol. The summed E-state index contributed by atoms with van der Waals surface area (Å²) in [7, 11) is 0. The highest BCUT2D eigenvalue weighted by atomic mass is 35.5. The fourth-order valence-electron chi connectivity index (χ4n) is 1.33. The lowest BCUT2D eigenvalue weighted by molar-refractivity contribution is 0.219. The Balaban J connectivity index is 2.42. The number of halogens is 2. The van der Waals surface area contributed by atoms with Crippen LogP contribution in [0.1, 0.15) is 16.5 Å². The number of thiophene rings is 1. The van der Waals surface area contributed by atoms with Crippen molar-refractivity contribution in [3.63, 3.8) is 0 Å². The van der Waals surface area contributed by atoms with E-state index in [9.17, 15) is 9.50 Å². The van der Waals surface area contributed by atoms with Crippen LogP contribution in [0.5, 0.6) is 0 Å². The molecule has 0 bridgehead atoms. The predicted molar refractivity (Wildman–Crippen MR) is 59.8 cm³/mol. The fraction of sp³-hybridized carbons (Fsp3) is 0.0909. The van der Waals surface area contributed by atoms with Crippen LogP contribution in [0, 0.1) is 5.82 Å². The molecular formula is C11H8ClFOS. The Labute approximate surface area is 95.8 Å². The van der Waals surface area contributed by atoms with Crippen LogP contribution >= 0.6 is 22.9 Å². The molecule has 1 unspecified atom stereocenters. The third-order valence-corrected chi connectivity index (χ3v) is 3.31. The number of hydrogen-bond acceptors (Lipinski definition) is 2. The Morgan fingerprint density at radius 1 is 1.27 bits per heavy atom. The number of rotatable bonds is 2. The molecule has 0 spiro atoms. The maximum Gasteiger partial charge on any atom is 0.147 e. The predicted octanol–water partition coefficient (Wildman–Crippen LogP) is 3.62. The SMILES string of the molecule is OC(c1cccs1)c1cccc(Cl)c1F. The van der Waals surface area contributed by atoms with Crippen molar-refractivity contribution < 1.29 is 9.50 Å². The highest BCUT2D eigenvalue weighted by Crippen LogP contribution is 2.30. The Morgan fingerprint density at radius 3 is 2.73 bits per heavy atom. The molecule has 0 radical (unpaired) electrons. The van der Waals surface area contributed by atoms with Gasteiger partial charge in [-0.25, -0.2) is 4.39 Å². The summed E-state index contributed by atoms with van der Waals surface area (Å²) in [6.07, 6.45) is -0.941. The molecular weight excluding hydrogens is 235 g/mol. The molecule has 78 valence electrons. The van der Waals surface area contributed by atoms with Crippen LogP contribution < -0.4 is 0 Å². The molecule has 2 rings (SSSR count). The van der Waals surface area contributed by atoms with Gasteiger partial charge in [0, 0.05) is 10.4 Å². The second-order valence-electron chi connectivity index (χ2n) is 3.06. The minimum absolute atomic E-state index is 0.0307. The summed E-state index contributed by atoms with van der Waals surface area (Å²) < 4.78 is 13.6. The Hall–Kier alpha value is -0.900. The highest BCUT2D eigenvalue weighted by Gasteiger charge is 2.17. The van der Waals surface area contributed by atoms with Crippen molar-refractivity contribution >= 4 is 22.9 Å². The lowest BCUT2D eigenvalue weighted by Crippen LogP contribution is -2.00. The molecule has 0 amide bonds. The zero-order valence-electron chi connectivity index (χ0n) is 7.65. The summed E-state index contributed by atoms with van der Waals surface area (Å²) in [5.41, 5.74) is 0.213. The van der Waals surface area contributed by atoms with Crippen LogP contribution in [0.4, 0.5) is 4.39 Å². The molecule has 1 heterocycles. The molecule has 0 aliphatic carbocycles. The van der Waals surface area contributed by atoms with Crippen molar-refractivity contribution in [2.24, 2.45) is 0 Å². The topological polar surface area (TPSA) is 20.2 Å². The van der Waals surface area contributed by atoms with E-state index in [0.29, 0.717) is 4.88 Å². The van der Waals surface area contributed by atoms with Gasteiger partial charge >= 0.3 is 0 Å². The third-order valence-electron chi connectivity index (χ3n) is 2.09. The van der Waals surface area contributed by atoms with Crippen LogP contribution in [0.2, 0.25) is 5.02 Å². The minimum atomic E-state index is -0.941. The van der Waals surface area contributed by atoms with E-state index in [2.05, 4.69) is 0 Å². The van der Waals surface area contributed by atoms with Crippen LogP contribution in [0.25, 0.3) is 0 Å². The van der Waals surface area contributed by atoms with Gasteiger partial charge in [0.1, 0.15) is 11.9 Å². The van der Waals surface area contributed by atoms with Crippen molar-refractivity contribution in [3.05, 3.63) is 57.0 Å². The van der Waals surface area contributed by atoms with Crippen LogP contribution in [-0.2, 0) is 0 Å². The third kappa shape index (κ3) is 2.04. The molecule has 0 aliphatic rings. The standard InChI is InChI=1S/C11H8ClFOS/c12-8-4-1-3-7(10(8)13)11(14)9-5-2-6-15-9/h1-6,11,14H. The zero-order valence-corrected chi connectivity index (χ0v) is 9.23.